The Labute approximate surface area is 349 Å². The van der Waals surface area contributed by atoms with Gasteiger partial charge in [-0.15, -0.1) is 0 Å². The maximum absolute atomic E-state index is 15.6. The van der Waals surface area contributed by atoms with Crippen LogP contribution in [0.4, 0.5) is 8.78 Å². The fourth-order valence-corrected chi connectivity index (χ4v) is 8.02. The standard InChI is InChI=1S/C53H30F2N6/c54-46-21-11-20-42(50(46)55)37-24-27-49(45(30-37)53-59-51(33-12-3-1-4-13-33)58-52(60-53)34-14-5-2-6-15-34)61-47-25-22-35(40-18-9-7-16-38(40)31-56)28-43(47)44-29-36(23-26-48(44)61)41-19-10-8-17-39(41)32-57/h1-30H. The van der Waals surface area contributed by atoms with Gasteiger partial charge in [-0.05, 0) is 82.4 Å². The van der Waals surface area contributed by atoms with Gasteiger partial charge in [0.1, 0.15) is 0 Å². The van der Waals surface area contributed by atoms with E-state index in [1.807, 2.05) is 127 Å². The van der Waals surface area contributed by atoms with Crippen molar-refractivity contribution in [1.82, 2.24) is 19.5 Å². The molecule has 2 heterocycles. The molecule has 0 unspecified atom stereocenters. The molecule has 0 N–H and O–H groups in total. The summed E-state index contributed by atoms with van der Waals surface area (Å²) in [6.45, 7) is 0. The van der Waals surface area contributed by atoms with Gasteiger partial charge in [0.25, 0.3) is 0 Å². The van der Waals surface area contributed by atoms with Gasteiger partial charge in [-0.3, -0.25) is 0 Å². The first-order valence-corrected chi connectivity index (χ1v) is 19.5. The van der Waals surface area contributed by atoms with Gasteiger partial charge < -0.3 is 4.57 Å². The number of halogens is 2. The Hall–Kier alpha value is -8.59. The molecule has 0 spiro atoms. The van der Waals surface area contributed by atoms with Gasteiger partial charge in [-0.1, -0.05) is 127 Å². The van der Waals surface area contributed by atoms with Gasteiger partial charge in [0.05, 0.1) is 40.0 Å². The van der Waals surface area contributed by atoms with Crippen molar-refractivity contribution < 1.29 is 8.78 Å². The van der Waals surface area contributed by atoms with E-state index in [1.54, 1.807) is 30.3 Å². The molecular formula is C53H30F2N6. The summed E-state index contributed by atoms with van der Waals surface area (Å²) in [5.41, 5.74) is 9.43. The minimum Gasteiger partial charge on any atom is -0.308 e. The van der Waals surface area contributed by atoms with Gasteiger partial charge in [-0.2, -0.15) is 10.5 Å². The molecule has 0 radical (unpaired) electrons. The molecule has 286 valence electrons. The molecule has 0 aliphatic heterocycles. The van der Waals surface area contributed by atoms with Crippen molar-refractivity contribution in [2.45, 2.75) is 0 Å². The maximum Gasteiger partial charge on any atom is 0.166 e. The summed E-state index contributed by atoms with van der Waals surface area (Å²) < 4.78 is 32.5. The highest BCUT2D eigenvalue weighted by Crippen LogP contribution is 2.41. The van der Waals surface area contributed by atoms with Crippen LogP contribution in [0.25, 0.3) is 95.0 Å². The predicted octanol–water partition coefficient (Wildman–Crippen LogP) is 13.0. The highest BCUT2D eigenvalue weighted by molar-refractivity contribution is 6.12. The number of nitrogens with zero attached hydrogens (tertiary/aromatic N) is 6. The average molecular weight is 789 g/mol. The largest absolute Gasteiger partial charge is 0.308 e. The first-order chi connectivity index (χ1) is 30.0. The molecule has 0 saturated carbocycles. The number of hydrogen-bond donors (Lipinski definition) is 0. The van der Waals surface area contributed by atoms with E-state index in [4.69, 9.17) is 15.0 Å². The normalized spacial score (nSPS) is 11.1. The summed E-state index contributed by atoms with van der Waals surface area (Å²) in [4.78, 5) is 15.1. The Kier molecular flexibility index (Phi) is 9.21. The minimum atomic E-state index is -0.959. The van der Waals surface area contributed by atoms with E-state index in [0.29, 0.717) is 45.4 Å². The van der Waals surface area contributed by atoms with Crippen LogP contribution in [-0.2, 0) is 0 Å². The number of hydrogen-bond acceptors (Lipinski definition) is 5. The van der Waals surface area contributed by atoms with Crippen molar-refractivity contribution in [2.75, 3.05) is 0 Å². The van der Waals surface area contributed by atoms with Gasteiger partial charge in [0.2, 0.25) is 0 Å². The van der Waals surface area contributed by atoms with Crippen LogP contribution in [-0.4, -0.2) is 19.5 Å². The Morgan fingerprint density at radius 3 is 1.39 bits per heavy atom. The maximum atomic E-state index is 15.6. The Balaban J connectivity index is 1.30. The summed E-state index contributed by atoms with van der Waals surface area (Å²) in [6.07, 6.45) is 0. The second-order valence-electron chi connectivity index (χ2n) is 14.5. The van der Waals surface area contributed by atoms with Crippen LogP contribution in [0.15, 0.2) is 182 Å². The van der Waals surface area contributed by atoms with Crippen LogP contribution in [0.5, 0.6) is 0 Å². The molecule has 0 aliphatic rings. The summed E-state index contributed by atoms with van der Waals surface area (Å²) in [5.74, 6) is -0.691. The molecule has 0 bridgehead atoms. The summed E-state index contributed by atoms with van der Waals surface area (Å²) in [6, 6.07) is 60.8. The average Bonchev–Trinajstić information content (AvgIpc) is 3.65. The third-order valence-electron chi connectivity index (χ3n) is 10.9. The lowest BCUT2D eigenvalue weighted by Gasteiger charge is -2.17. The Morgan fingerprint density at radius 1 is 0.393 bits per heavy atom. The highest BCUT2D eigenvalue weighted by atomic mass is 19.2. The van der Waals surface area contributed by atoms with Crippen molar-refractivity contribution in [3.8, 4) is 85.4 Å². The van der Waals surface area contributed by atoms with E-state index in [2.05, 4.69) is 28.8 Å². The zero-order chi connectivity index (χ0) is 41.5. The number of fused-ring (bicyclic) bond motifs is 3. The lowest BCUT2D eigenvalue weighted by molar-refractivity contribution is 0.511. The molecule has 10 aromatic rings. The quantitative estimate of drug-likeness (QED) is 0.160. The molecule has 0 aliphatic carbocycles. The third kappa shape index (κ3) is 6.55. The lowest BCUT2D eigenvalue weighted by atomic mass is 9.96. The topological polar surface area (TPSA) is 91.2 Å². The van der Waals surface area contributed by atoms with Crippen LogP contribution in [0.1, 0.15) is 11.1 Å². The fraction of sp³-hybridized carbons (Fsp3) is 0. The number of aromatic nitrogens is 4. The molecule has 10 rings (SSSR count). The highest BCUT2D eigenvalue weighted by Gasteiger charge is 2.23. The molecule has 2 aromatic heterocycles. The predicted molar refractivity (Wildman–Crippen MR) is 236 cm³/mol. The molecule has 0 amide bonds. The summed E-state index contributed by atoms with van der Waals surface area (Å²) >= 11 is 0. The van der Waals surface area contributed by atoms with Crippen molar-refractivity contribution >= 4 is 21.8 Å². The second-order valence-corrected chi connectivity index (χ2v) is 14.5. The first kappa shape index (κ1) is 36.7. The van der Waals surface area contributed by atoms with E-state index >= 15 is 4.39 Å². The molecule has 6 nitrogen and oxygen atoms in total. The van der Waals surface area contributed by atoms with Crippen LogP contribution in [0.3, 0.4) is 0 Å². The van der Waals surface area contributed by atoms with E-state index in [-0.39, 0.29) is 5.56 Å². The fourth-order valence-electron chi connectivity index (χ4n) is 8.02. The molecular weight excluding hydrogens is 759 g/mol. The monoisotopic (exact) mass is 788 g/mol. The van der Waals surface area contributed by atoms with Crippen molar-refractivity contribution in [2.24, 2.45) is 0 Å². The zero-order valence-electron chi connectivity index (χ0n) is 32.3. The van der Waals surface area contributed by atoms with Gasteiger partial charge >= 0.3 is 0 Å². The molecule has 0 saturated heterocycles. The summed E-state index contributed by atoms with van der Waals surface area (Å²) in [7, 11) is 0. The second kappa shape index (κ2) is 15.3. The van der Waals surface area contributed by atoms with E-state index in [9.17, 15) is 14.9 Å². The van der Waals surface area contributed by atoms with Crippen LogP contribution in [0.2, 0.25) is 0 Å². The molecule has 61 heavy (non-hydrogen) atoms. The smallest absolute Gasteiger partial charge is 0.166 e. The van der Waals surface area contributed by atoms with Gasteiger partial charge in [0, 0.05) is 33.0 Å². The molecule has 8 heteroatoms. The molecule has 0 fully saturated rings. The lowest BCUT2D eigenvalue weighted by Crippen LogP contribution is -2.04. The van der Waals surface area contributed by atoms with Crippen LogP contribution in [0, 0.1) is 34.3 Å². The molecule has 8 aromatic carbocycles. The number of benzene rings is 8. The molecule has 0 atom stereocenters. The van der Waals surface area contributed by atoms with Gasteiger partial charge in [0.15, 0.2) is 29.1 Å². The van der Waals surface area contributed by atoms with Crippen LogP contribution < -0.4 is 0 Å². The Bertz CT molecular complexity index is 3250. The van der Waals surface area contributed by atoms with E-state index in [1.165, 1.54) is 6.07 Å². The minimum absolute atomic E-state index is 0.0947. The van der Waals surface area contributed by atoms with Crippen LogP contribution >= 0.6 is 0 Å². The summed E-state index contributed by atoms with van der Waals surface area (Å²) in [5, 5.41) is 21.9. The van der Waals surface area contributed by atoms with Crippen molar-refractivity contribution in [3.05, 3.63) is 205 Å². The SMILES string of the molecule is N#Cc1ccccc1-c1ccc2c(c1)c1cc(-c3ccccc3C#N)ccc1n2-c1ccc(-c2cccc(F)c2F)cc1-c1nc(-c2ccccc2)nc(-c2ccccc2)n1. The Morgan fingerprint density at radius 2 is 0.852 bits per heavy atom. The van der Waals surface area contributed by atoms with E-state index < -0.39 is 11.6 Å². The number of nitriles is 2. The van der Waals surface area contributed by atoms with E-state index in [0.717, 1.165) is 61.3 Å². The van der Waals surface area contributed by atoms with Crippen molar-refractivity contribution in [3.63, 3.8) is 0 Å². The first-order valence-electron chi connectivity index (χ1n) is 19.5. The third-order valence-corrected chi connectivity index (χ3v) is 10.9. The zero-order valence-corrected chi connectivity index (χ0v) is 32.3. The van der Waals surface area contributed by atoms with Crippen molar-refractivity contribution in [1.29, 1.82) is 10.5 Å². The number of rotatable bonds is 7. The van der Waals surface area contributed by atoms with Gasteiger partial charge in [-0.25, -0.2) is 23.7 Å².